The van der Waals surface area contributed by atoms with Crippen molar-refractivity contribution in [3.05, 3.63) is 56.6 Å². The number of hydrogen-bond acceptors (Lipinski definition) is 2. The summed E-state index contributed by atoms with van der Waals surface area (Å²) in [5.41, 5.74) is 2.52. The molecule has 0 aliphatic rings. The molecule has 0 unspecified atom stereocenters. The molecule has 1 aromatic carbocycles. The average molecular weight is 419 g/mol. The first-order chi connectivity index (χ1) is 10.5. The predicted molar refractivity (Wildman–Crippen MR) is 90.9 cm³/mol. The van der Waals surface area contributed by atoms with Gasteiger partial charge in [-0.3, -0.25) is 0 Å². The third-order valence-corrected chi connectivity index (χ3v) is 5.76. The number of halogens is 3. The molecule has 2 aromatic heterocycles. The van der Waals surface area contributed by atoms with Crippen molar-refractivity contribution in [2.75, 3.05) is 0 Å². The van der Waals surface area contributed by atoms with Crippen LogP contribution in [0, 0.1) is 6.92 Å². The van der Waals surface area contributed by atoms with Crippen LogP contribution >= 0.6 is 34.8 Å². The summed E-state index contributed by atoms with van der Waals surface area (Å²) in [4.78, 5) is 13.7. The molecule has 0 N–H and O–H groups in total. The average Bonchev–Trinajstić information content (AvgIpc) is 3.06. The van der Waals surface area contributed by atoms with Crippen LogP contribution in [0.15, 0.2) is 35.3 Å². The van der Waals surface area contributed by atoms with Crippen LogP contribution in [-0.2, 0) is 0 Å². The molecule has 22 heavy (non-hydrogen) atoms. The summed E-state index contributed by atoms with van der Waals surface area (Å²) in [6.07, 6.45) is 0. The van der Waals surface area contributed by atoms with Crippen LogP contribution < -0.4 is 0 Å². The van der Waals surface area contributed by atoms with Gasteiger partial charge in [0.2, 0.25) is 0 Å². The Hall–Kier alpha value is -1.03. The molecule has 0 amide bonds. The third-order valence-electron chi connectivity index (χ3n) is 3.20. The number of benzene rings is 1. The van der Waals surface area contributed by atoms with Gasteiger partial charge in [-0.2, -0.15) is 0 Å². The van der Waals surface area contributed by atoms with Gasteiger partial charge in [-0.25, -0.2) is 0 Å². The van der Waals surface area contributed by atoms with E-state index < -0.39 is 5.24 Å². The normalized spacial score (nSPS) is 10.9. The second-order valence-corrected chi connectivity index (χ2v) is 7.76. The van der Waals surface area contributed by atoms with E-state index in [0.717, 1.165) is 15.7 Å². The first-order valence-electron chi connectivity index (χ1n) is 6.28. The van der Waals surface area contributed by atoms with Gasteiger partial charge in [0.05, 0.1) is 0 Å². The molecule has 0 atom stereocenters. The maximum absolute atomic E-state index is 11.6. The Morgan fingerprint density at radius 3 is 2.64 bits per heavy atom. The molecule has 7 heteroatoms. The van der Waals surface area contributed by atoms with E-state index >= 15 is 0 Å². The van der Waals surface area contributed by atoms with Gasteiger partial charge < -0.3 is 0 Å². The molecule has 3 rings (SSSR count). The van der Waals surface area contributed by atoms with E-state index in [2.05, 4.69) is 10.0 Å². The van der Waals surface area contributed by atoms with Gasteiger partial charge in [0, 0.05) is 0 Å². The summed E-state index contributed by atoms with van der Waals surface area (Å²) in [5.74, 6) is 0. The van der Waals surface area contributed by atoms with Crippen molar-refractivity contribution in [2.24, 2.45) is 0 Å². The minimum absolute atomic E-state index is 0.189. The Bertz CT molecular complexity index is 856. The summed E-state index contributed by atoms with van der Waals surface area (Å²) in [5, 5.41) is 4.78. The molecule has 0 aliphatic heterocycles. The second-order valence-electron chi connectivity index (χ2n) is 4.58. The monoisotopic (exact) mass is 418 g/mol. The van der Waals surface area contributed by atoms with Gasteiger partial charge in [-0.05, 0) is 0 Å². The van der Waals surface area contributed by atoms with Crippen LogP contribution in [0.3, 0.4) is 0 Å². The minimum atomic E-state index is -0.582. The van der Waals surface area contributed by atoms with E-state index in [1.54, 1.807) is 22.9 Å². The molecule has 0 fully saturated rings. The summed E-state index contributed by atoms with van der Waals surface area (Å²) >= 11 is 18.1. The molecule has 0 saturated carbocycles. The van der Waals surface area contributed by atoms with E-state index in [0.29, 0.717) is 15.7 Å². The van der Waals surface area contributed by atoms with Gasteiger partial charge in [-0.1, -0.05) is 0 Å². The van der Waals surface area contributed by atoms with Gasteiger partial charge in [0.25, 0.3) is 0 Å². The van der Waals surface area contributed by atoms with Crippen molar-refractivity contribution < 1.29 is 4.79 Å². The zero-order valence-corrected chi connectivity index (χ0v) is 15.3. The second kappa shape index (κ2) is 6.23. The van der Waals surface area contributed by atoms with E-state index in [-0.39, 0.29) is 20.2 Å². The van der Waals surface area contributed by atoms with Crippen molar-refractivity contribution in [1.82, 2.24) is 9.78 Å². The van der Waals surface area contributed by atoms with Crippen LogP contribution in [-0.4, -0.2) is 29.5 Å². The topological polar surface area (TPSA) is 34.9 Å². The maximum atomic E-state index is 11.6. The van der Waals surface area contributed by atoms with Gasteiger partial charge in [0.15, 0.2) is 0 Å². The molecular weight excluding hydrogens is 409 g/mol. The number of nitrogens with zero attached hydrogens (tertiary/aromatic N) is 2. The van der Waals surface area contributed by atoms with E-state index in [9.17, 15) is 4.79 Å². The third kappa shape index (κ3) is 2.78. The molecule has 3 nitrogen and oxygen atoms in total. The van der Waals surface area contributed by atoms with E-state index in [4.69, 9.17) is 34.8 Å². The van der Waals surface area contributed by atoms with E-state index in [1.165, 1.54) is 0 Å². The number of aromatic nitrogens is 2. The van der Waals surface area contributed by atoms with Gasteiger partial charge in [-0.15, -0.1) is 0 Å². The molecule has 0 bridgehead atoms. The molecule has 2 heterocycles. The van der Waals surface area contributed by atoms with Gasteiger partial charge in [0.1, 0.15) is 0 Å². The van der Waals surface area contributed by atoms with Gasteiger partial charge >= 0.3 is 148 Å². The molecule has 0 spiro atoms. The zero-order valence-electron chi connectivity index (χ0n) is 11.3. The fourth-order valence-electron chi connectivity index (χ4n) is 2.21. The Labute approximate surface area is 148 Å². The first kappa shape index (κ1) is 15.8. The molecule has 3 aromatic rings. The number of hydrogen-bond donors (Lipinski definition) is 0. The molecule has 0 aliphatic carbocycles. The van der Waals surface area contributed by atoms with Crippen molar-refractivity contribution in [3.8, 4) is 15.8 Å². The molecule has 0 radical (unpaired) electrons. The zero-order chi connectivity index (χ0) is 15.9. The summed E-state index contributed by atoms with van der Waals surface area (Å²) in [7, 11) is 0. The summed E-state index contributed by atoms with van der Waals surface area (Å²) < 4.78 is 2.79. The molecular formula is C15H9Cl3N2OSe. The fraction of sp³-hybridized carbons (Fsp3) is 0.0667. The van der Waals surface area contributed by atoms with Crippen LogP contribution in [0.25, 0.3) is 15.8 Å². The SMILES string of the molecule is Cc1c(C(=O)Cl)nn(-c2ccc(Cl)cc2Cl)c1-c1ccc[se]1. The van der Waals surface area contributed by atoms with Crippen molar-refractivity contribution in [3.63, 3.8) is 0 Å². The number of carbonyl (C=O) groups is 1. The van der Waals surface area contributed by atoms with Crippen LogP contribution in [0.4, 0.5) is 0 Å². The molecule has 112 valence electrons. The van der Waals surface area contributed by atoms with Crippen LogP contribution in [0.2, 0.25) is 10.0 Å². The summed E-state index contributed by atoms with van der Waals surface area (Å²) in [6.45, 7) is 1.84. The Kier molecular flexibility index (Phi) is 4.49. The number of rotatable bonds is 3. The molecule has 0 saturated heterocycles. The van der Waals surface area contributed by atoms with Crippen LogP contribution in [0.5, 0.6) is 0 Å². The Morgan fingerprint density at radius 1 is 1.27 bits per heavy atom. The summed E-state index contributed by atoms with van der Waals surface area (Å²) in [6, 6.07) is 9.18. The quantitative estimate of drug-likeness (QED) is 0.461. The van der Waals surface area contributed by atoms with Crippen molar-refractivity contribution in [1.29, 1.82) is 0 Å². The van der Waals surface area contributed by atoms with Crippen molar-refractivity contribution >= 4 is 54.5 Å². The van der Waals surface area contributed by atoms with Crippen LogP contribution in [0.1, 0.15) is 16.1 Å². The van der Waals surface area contributed by atoms with Crippen molar-refractivity contribution in [2.45, 2.75) is 6.92 Å². The Balaban J connectivity index is 2.31. The predicted octanol–water partition coefficient (Wildman–Crippen LogP) is 4.59. The standard InChI is InChI=1S/C15H9Cl3N2OSe/c1-8-13(15(18)21)19-20(14(8)12-3-2-6-22-12)11-5-4-9(16)7-10(11)17/h2-7H,1H3. The van der Waals surface area contributed by atoms with E-state index in [1.807, 2.05) is 19.1 Å². The Morgan fingerprint density at radius 2 is 2.05 bits per heavy atom. The number of carbonyl (C=O) groups excluding carboxylic acids is 1. The fourth-order valence-corrected chi connectivity index (χ4v) is 4.58. The first-order valence-corrected chi connectivity index (χ1v) is 9.25.